The molecule has 1 aromatic heterocycles. The summed E-state index contributed by atoms with van der Waals surface area (Å²) < 4.78 is 23.4. The largest absolute Gasteiger partial charge is 0.352 e. The van der Waals surface area contributed by atoms with Crippen LogP contribution in [-0.4, -0.2) is 44.9 Å². The molecule has 36 heavy (non-hydrogen) atoms. The van der Waals surface area contributed by atoms with Crippen molar-refractivity contribution in [2.75, 3.05) is 11.9 Å². The topological polar surface area (TPSA) is 94.9 Å². The number of hydrogen-bond donors (Lipinski definition) is 1. The van der Waals surface area contributed by atoms with Gasteiger partial charge < -0.3 is 19.1 Å². The number of hydrogen-bond acceptors (Lipinski definition) is 7. The molecule has 3 aliphatic heterocycles. The standard InChI is InChI=1S/C26H35N4O5P/c1-4-20-22(16-24(33-20)29-14-12-23(28-26(29)32)27-25(31)17(2)3)35-36-30-13-8-11-19(30)15-21(34-36)18-9-6-5-7-10-18/h5-7,9-10,12,14,17,19-22,24H,4,8,11,13,15-16H2,1-3H3,(H,27,28,31,32)/t19-,20+,21-,22?,24+,36+/m0/s1. The summed E-state index contributed by atoms with van der Waals surface area (Å²) in [6, 6.07) is 12.5. The van der Waals surface area contributed by atoms with E-state index in [0.717, 1.165) is 32.2 Å². The molecule has 2 aromatic rings. The second kappa shape index (κ2) is 11.1. The molecular formula is C26H35N4O5P. The van der Waals surface area contributed by atoms with Crippen molar-refractivity contribution in [2.45, 2.75) is 83.5 Å². The molecular weight excluding hydrogens is 479 g/mol. The molecule has 0 spiro atoms. The lowest BCUT2D eigenvalue weighted by atomic mass is 10.0. The van der Waals surface area contributed by atoms with Gasteiger partial charge in [0.15, 0.2) is 0 Å². The lowest BCUT2D eigenvalue weighted by Crippen LogP contribution is -2.35. The number of ether oxygens (including phenoxy) is 1. The number of anilines is 1. The molecule has 1 unspecified atom stereocenters. The van der Waals surface area contributed by atoms with E-state index in [0.29, 0.717) is 12.5 Å². The number of nitrogens with one attached hydrogen (secondary N) is 1. The summed E-state index contributed by atoms with van der Waals surface area (Å²) in [5, 5.41) is 2.67. The van der Waals surface area contributed by atoms with Crippen LogP contribution in [0.1, 0.15) is 70.8 Å². The van der Waals surface area contributed by atoms with E-state index >= 15 is 0 Å². The fourth-order valence-corrected chi connectivity index (χ4v) is 7.07. The highest BCUT2D eigenvalue weighted by Gasteiger charge is 2.45. The predicted molar refractivity (Wildman–Crippen MR) is 137 cm³/mol. The summed E-state index contributed by atoms with van der Waals surface area (Å²) in [6.07, 6.45) is 5.44. The maximum absolute atomic E-state index is 12.8. The number of amides is 1. The first-order chi connectivity index (χ1) is 17.4. The molecule has 194 valence electrons. The molecule has 1 aromatic carbocycles. The third-order valence-corrected chi connectivity index (χ3v) is 8.99. The van der Waals surface area contributed by atoms with Gasteiger partial charge in [-0.1, -0.05) is 51.1 Å². The molecule has 0 bridgehead atoms. The third-order valence-electron chi connectivity index (χ3n) is 7.16. The van der Waals surface area contributed by atoms with Gasteiger partial charge in [0.05, 0.1) is 18.3 Å². The Morgan fingerprint density at radius 3 is 2.78 bits per heavy atom. The molecule has 3 fully saturated rings. The fraction of sp³-hybridized carbons (Fsp3) is 0.577. The number of rotatable bonds is 7. The van der Waals surface area contributed by atoms with E-state index in [4.69, 9.17) is 13.8 Å². The zero-order chi connectivity index (χ0) is 25.2. The number of carbonyl (C=O) groups excluding carboxylic acids is 1. The van der Waals surface area contributed by atoms with Crippen LogP contribution in [0.25, 0.3) is 0 Å². The van der Waals surface area contributed by atoms with Crippen molar-refractivity contribution in [3.63, 3.8) is 0 Å². The molecule has 10 heteroatoms. The predicted octanol–water partition coefficient (Wildman–Crippen LogP) is 4.77. The van der Waals surface area contributed by atoms with Gasteiger partial charge in [0.25, 0.3) is 8.53 Å². The Bertz CT molecular complexity index is 1110. The first kappa shape index (κ1) is 25.5. The average Bonchev–Trinajstić information content (AvgIpc) is 3.51. The van der Waals surface area contributed by atoms with Gasteiger partial charge in [-0.3, -0.25) is 9.36 Å². The van der Waals surface area contributed by atoms with Crippen molar-refractivity contribution in [3.05, 3.63) is 58.6 Å². The first-order valence-electron chi connectivity index (χ1n) is 12.9. The number of carbonyl (C=O) groups is 1. The summed E-state index contributed by atoms with van der Waals surface area (Å²) in [7, 11) is -1.23. The minimum Gasteiger partial charge on any atom is -0.352 e. The van der Waals surface area contributed by atoms with Gasteiger partial charge in [-0.25, -0.2) is 9.46 Å². The van der Waals surface area contributed by atoms with Crippen LogP contribution in [0.5, 0.6) is 0 Å². The molecule has 6 atom stereocenters. The molecule has 0 radical (unpaired) electrons. The van der Waals surface area contributed by atoms with Gasteiger partial charge >= 0.3 is 5.69 Å². The van der Waals surface area contributed by atoms with Crippen LogP contribution >= 0.6 is 8.53 Å². The number of benzene rings is 1. The molecule has 1 N–H and O–H groups in total. The smallest absolute Gasteiger partial charge is 0.351 e. The van der Waals surface area contributed by atoms with E-state index in [1.165, 1.54) is 10.1 Å². The Balaban J connectivity index is 1.29. The lowest BCUT2D eigenvalue weighted by molar-refractivity contribution is -0.118. The summed E-state index contributed by atoms with van der Waals surface area (Å²) in [4.78, 5) is 28.8. The quantitative estimate of drug-likeness (QED) is 0.532. The maximum atomic E-state index is 12.8. The monoisotopic (exact) mass is 514 g/mol. The van der Waals surface area contributed by atoms with Crippen LogP contribution in [0.15, 0.2) is 47.4 Å². The van der Waals surface area contributed by atoms with E-state index in [-0.39, 0.29) is 36.0 Å². The normalized spacial score (nSPS) is 30.4. The first-order valence-corrected chi connectivity index (χ1v) is 14.1. The minimum atomic E-state index is -1.23. The van der Waals surface area contributed by atoms with Gasteiger partial charge in [-0.15, -0.1) is 0 Å². The van der Waals surface area contributed by atoms with Crippen molar-refractivity contribution in [1.82, 2.24) is 14.2 Å². The van der Waals surface area contributed by atoms with Crippen LogP contribution < -0.4 is 11.0 Å². The Morgan fingerprint density at radius 2 is 2.06 bits per heavy atom. The summed E-state index contributed by atoms with van der Waals surface area (Å²) >= 11 is 0. The highest BCUT2D eigenvalue weighted by atomic mass is 31.2. The summed E-state index contributed by atoms with van der Waals surface area (Å²) in [5.74, 6) is -0.129. The van der Waals surface area contributed by atoms with Crippen LogP contribution in [0.4, 0.5) is 5.82 Å². The van der Waals surface area contributed by atoms with E-state index in [1.54, 1.807) is 26.1 Å². The molecule has 3 saturated heterocycles. The van der Waals surface area contributed by atoms with E-state index in [9.17, 15) is 9.59 Å². The van der Waals surface area contributed by atoms with Crippen molar-refractivity contribution in [3.8, 4) is 0 Å². The second-order valence-corrected chi connectivity index (χ2v) is 11.4. The molecule has 0 aliphatic carbocycles. The fourth-order valence-electron chi connectivity index (χ4n) is 5.12. The number of nitrogens with zero attached hydrogens (tertiary/aromatic N) is 3. The molecule has 1 amide bonds. The summed E-state index contributed by atoms with van der Waals surface area (Å²) in [6.45, 7) is 6.63. The molecule has 4 heterocycles. The average molecular weight is 515 g/mol. The highest BCUT2D eigenvalue weighted by Crippen LogP contribution is 2.58. The summed E-state index contributed by atoms with van der Waals surface area (Å²) in [5.41, 5.74) is 0.732. The van der Waals surface area contributed by atoms with Gasteiger partial charge in [0.2, 0.25) is 5.91 Å². The molecule has 5 rings (SSSR count). The molecule has 9 nitrogen and oxygen atoms in total. The minimum absolute atomic E-state index is 0.0234. The third kappa shape index (κ3) is 5.41. The van der Waals surface area contributed by atoms with Crippen LogP contribution in [-0.2, 0) is 18.6 Å². The van der Waals surface area contributed by atoms with Gasteiger partial charge in [-0.05, 0) is 37.3 Å². The van der Waals surface area contributed by atoms with Crippen LogP contribution in [0.2, 0.25) is 0 Å². The zero-order valence-corrected chi connectivity index (χ0v) is 22.0. The number of aromatic nitrogens is 2. The van der Waals surface area contributed by atoms with Crippen molar-refractivity contribution in [2.24, 2.45) is 5.92 Å². The maximum Gasteiger partial charge on any atom is 0.351 e. The van der Waals surface area contributed by atoms with Crippen LogP contribution in [0, 0.1) is 5.92 Å². The van der Waals surface area contributed by atoms with Gasteiger partial charge in [0, 0.05) is 31.1 Å². The van der Waals surface area contributed by atoms with Crippen molar-refractivity contribution >= 4 is 20.3 Å². The number of fused-ring (bicyclic) bond motifs is 1. The highest BCUT2D eigenvalue weighted by molar-refractivity contribution is 7.44. The van der Waals surface area contributed by atoms with Gasteiger partial charge in [-0.2, -0.15) is 4.98 Å². The van der Waals surface area contributed by atoms with E-state index in [1.807, 2.05) is 6.07 Å². The van der Waals surface area contributed by atoms with Crippen molar-refractivity contribution < 1.29 is 18.6 Å². The second-order valence-electron chi connectivity index (χ2n) is 10.0. The Morgan fingerprint density at radius 1 is 1.25 bits per heavy atom. The van der Waals surface area contributed by atoms with Gasteiger partial charge in [0.1, 0.15) is 12.0 Å². The Labute approximate surface area is 213 Å². The Hall–Kier alpha value is -2.16. The van der Waals surface area contributed by atoms with E-state index < -0.39 is 20.4 Å². The zero-order valence-electron chi connectivity index (χ0n) is 21.1. The Kier molecular flexibility index (Phi) is 7.84. The van der Waals surface area contributed by atoms with E-state index in [2.05, 4.69) is 46.2 Å². The van der Waals surface area contributed by atoms with Crippen LogP contribution in [0.3, 0.4) is 0 Å². The molecule has 0 saturated carbocycles. The SMILES string of the molecule is CC[C@H]1O[C@@H](n2ccc(NC(=O)C(C)C)nc2=O)CC1O[P@@]1O[C@H](c2ccccc2)C[C@@H]2CCCN21. The lowest BCUT2D eigenvalue weighted by Gasteiger charge is -2.41. The molecule has 3 aliphatic rings. The van der Waals surface area contributed by atoms with Crippen molar-refractivity contribution in [1.29, 1.82) is 0 Å².